The zero-order valence-electron chi connectivity index (χ0n) is 9.95. The number of carbonyl (C=O) groups excluding carboxylic acids is 1. The number of nitrogens with one attached hydrogen (secondary N) is 1. The van der Waals surface area contributed by atoms with Crippen LogP contribution in [0, 0.1) is 0 Å². The highest BCUT2D eigenvalue weighted by Gasteiger charge is 2.20. The lowest BCUT2D eigenvalue weighted by Crippen LogP contribution is -2.37. The summed E-state index contributed by atoms with van der Waals surface area (Å²) in [6.07, 6.45) is 4.38. The number of amides is 1. The topological polar surface area (TPSA) is 32.3 Å². The highest BCUT2D eigenvalue weighted by atomic mass is 35.5. The molecule has 1 aromatic carbocycles. The molecular weight excluding hydrogens is 236 g/mol. The summed E-state index contributed by atoms with van der Waals surface area (Å²) in [5.74, 6) is 0. The minimum Gasteiger partial charge on any atom is -0.368 e. The van der Waals surface area contributed by atoms with E-state index in [1.807, 2.05) is 12.1 Å². The molecule has 1 aliphatic heterocycles. The molecule has 1 aliphatic rings. The van der Waals surface area contributed by atoms with Gasteiger partial charge in [-0.1, -0.05) is 11.6 Å². The predicted molar refractivity (Wildman–Crippen MR) is 71.8 cm³/mol. The molecule has 1 amide bonds. The van der Waals surface area contributed by atoms with E-state index in [0.717, 1.165) is 17.9 Å². The molecule has 0 aromatic heterocycles. The van der Waals surface area contributed by atoms with E-state index in [-0.39, 0.29) is 0 Å². The molecule has 0 spiro atoms. The van der Waals surface area contributed by atoms with Gasteiger partial charge in [-0.2, -0.15) is 0 Å². The lowest BCUT2D eigenvalue weighted by atomic mass is 10.0. The van der Waals surface area contributed by atoms with Crippen molar-refractivity contribution >= 4 is 29.4 Å². The molecular formula is C13H17ClN2O. The fourth-order valence-electron chi connectivity index (χ4n) is 2.35. The SMILES string of the molecule is CC1CCCCN1c1ccc(NC=O)cc1Cl. The van der Waals surface area contributed by atoms with Crippen molar-refractivity contribution in [1.29, 1.82) is 0 Å². The Morgan fingerprint density at radius 3 is 2.94 bits per heavy atom. The maximum atomic E-state index is 10.4. The molecule has 2 rings (SSSR count). The maximum Gasteiger partial charge on any atom is 0.211 e. The van der Waals surface area contributed by atoms with Gasteiger partial charge in [0.2, 0.25) is 6.41 Å². The Morgan fingerprint density at radius 1 is 1.47 bits per heavy atom. The van der Waals surface area contributed by atoms with Crippen molar-refractivity contribution in [2.45, 2.75) is 32.2 Å². The van der Waals surface area contributed by atoms with Gasteiger partial charge in [0.25, 0.3) is 0 Å². The molecule has 1 saturated heterocycles. The smallest absolute Gasteiger partial charge is 0.211 e. The molecule has 0 saturated carbocycles. The van der Waals surface area contributed by atoms with Crippen molar-refractivity contribution in [1.82, 2.24) is 0 Å². The second-order valence-corrected chi connectivity index (χ2v) is 4.87. The van der Waals surface area contributed by atoms with Crippen LogP contribution in [0.1, 0.15) is 26.2 Å². The second-order valence-electron chi connectivity index (χ2n) is 4.47. The van der Waals surface area contributed by atoms with Gasteiger partial charge in [0.1, 0.15) is 0 Å². The fraction of sp³-hybridized carbons (Fsp3) is 0.462. The summed E-state index contributed by atoms with van der Waals surface area (Å²) in [5.41, 5.74) is 1.80. The number of rotatable bonds is 3. The normalized spacial score (nSPS) is 20.1. The number of carbonyl (C=O) groups is 1. The molecule has 1 fully saturated rings. The van der Waals surface area contributed by atoms with Crippen LogP contribution in [0.25, 0.3) is 0 Å². The second kappa shape index (κ2) is 5.41. The molecule has 1 aromatic rings. The van der Waals surface area contributed by atoms with Crippen LogP contribution in [0.4, 0.5) is 11.4 Å². The third-order valence-electron chi connectivity index (χ3n) is 3.29. The quantitative estimate of drug-likeness (QED) is 0.838. The first-order valence-electron chi connectivity index (χ1n) is 5.99. The van der Waals surface area contributed by atoms with Gasteiger partial charge in [0, 0.05) is 18.3 Å². The van der Waals surface area contributed by atoms with Gasteiger partial charge in [0.05, 0.1) is 10.7 Å². The first-order valence-corrected chi connectivity index (χ1v) is 6.36. The average Bonchev–Trinajstić information content (AvgIpc) is 2.31. The number of hydrogen-bond acceptors (Lipinski definition) is 2. The zero-order chi connectivity index (χ0) is 12.3. The van der Waals surface area contributed by atoms with Crippen LogP contribution in [-0.2, 0) is 4.79 Å². The van der Waals surface area contributed by atoms with E-state index in [1.54, 1.807) is 6.07 Å². The monoisotopic (exact) mass is 252 g/mol. The Kier molecular flexibility index (Phi) is 3.89. The highest BCUT2D eigenvalue weighted by molar-refractivity contribution is 6.33. The first kappa shape index (κ1) is 12.2. The minimum atomic E-state index is 0.533. The molecule has 1 unspecified atom stereocenters. The molecule has 1 atom stereocenters. The molecule has 1 N–H and O–H groups in total. The van der Waals surface area contributed by atoms with E-state index in [1.165, 1.54) is 19.3 Å². The molecule has 0 radical (unpaired) electrons. The molecule has 3 nitrogen and oxygen atoms in total. The van der Waals surface area contributed by atoms with Gasteiger partial charge in [-0.15, -0.1) is 0 Å². The Balaban J connectivity index is 2.22. The third kappa shape index (κ3) is 2.72. The first-order chi connectivity index (χ1) is 8.22. The van der Waals surface area contributed by atoms with Crippen molar-refractivity contribution in [2.75, 3.05) is 16.8 Å². The van der Waals surface area contributed by atoms with Crippen LogP contribution in [0.3, 0.4) is 0 Å². The molecule has 17 heavy (non-hydrogen) atoms. The number of halogens is 1. The number of piperidine rings is 1. The van der Waals surface area contributed by atoms with Gasteiger partial charge in [-0.25, -0.2) is 0 Å². The summed E-state index contributed by atoms with van der Waals surface area (Å²) in [6, 6.07) is 6.20. The van der Waals surface area contributed by atoms with E-state index >= 15 is 0 Å². The summed E-state index contributed by atoms with van der Waals surface area (Å²) in [7, 11) is 0. The Bertz CT molecular complexity index is 408. The van der Waals surface area contributed by atoms with E-state index < -0.39 is 0 Å². The van der Waals surface area contributed by atoms with E-state index in [9.17, 15) is 4.79 Å². The predicted octanol–water partition coefficient (Wildman–Crippen LogP) is 3.29. The molecule has 0 aliphatic carbocycles. The molecule has 0 bridgehead atoms. The van der Waals surface area contributed by atoms with Gasteiger partial charge in [-0.3, -0.25) is 4.79 Å². The zero-order valence-corrected chi connectivity index (χ0v) is 10.7. The fourth-order valence-corrected chi connectivity index (χ4v) is 2.64. The number of hydrogen-bond donors (Lipinski definition) is 1. The number of benzene rings is 1. The van der Waals surface area contributed by atoms with Crippen LogP contribution in [0.15, 0.2) is 18.2 Å². The Labute approximate surface area is 107 Å². The van der Waals surface area contributed by atoms with Crippen molar-refractivity contribution in [2.24, 2.45) is 0 Å². The van der Waals surface area contributed by atoms with Crippen LogP contribution in [0.5, 0.6) is 0 Å². The third-order valence-corrected chi connectivity index (χ3v) is 3.59. The van der Waals surface area contributed by atoms with Crippen molar-refractivity contribution < 1.29 is 4.79 Å². The van der Waals surface area contributed by atoms with E-state index in [4.69, 9.17) is 11.6 Å². The largest absolute Gasteiger partial charge is 0.368 e. The molecule has 1 heterocycles. The summed E-state index contributed by atoms with van der Waals surface area (Å²) in [4.78, 5) is 12.7. The lowest BCUT2D eigenvalue weighted by Gasteiger charge is -2.36. The van der Waals surface area contributed by atoms with Gasteiger partial charge >= 0.3 is 0 Å². The van der Waals surface area contributed by atoms with Crippen LogP contribution in [0.2, 0.25) is 5.02 Å². The van der Waals surface area contributed by atoms with Crippen molar-refractivity contribution in [3.05, 3.63) is 23.2 Å². The molecule has 92 valence electrons. The maximum absolute atomic E-state index is 10.4. The van der Waals surface area contributed by atoms with Gasteiger partial charge in [0.15, 0.2) is 0 Å². The summed E-state index contributed by atoms with van der Waals surface area (Å²) >= 11 is 6.27. The van der Waals surface area contributed by atoms with E-state index in [2.05, 4.69) is 17.1 Å². The van der Waals surface area contributed by atoms with E-state index in [0.29, 0.717) is 17.5 Å². The number of nitrogens with zero attached hydrogens (tertiary/aromatic N) is 1. The van der Waals surface area contributed by atoms with Crippen LogP contribution in [-0.4, -0.2) is 19.0 Å². The highest BCUT2D eigenvalue weighted by Crippen LogP contribution is 2.32. The molecule has 4 heteroatoms. The average molecular weight is 253 g/mol. The van der Waals surface area contributed by atoms with Crippen LogP contribution < -0.4 is 10.2 Å². The Hall–Kier alpha value is -1.22. The Morgan fingerprint density at radius 2 is 2.29 bits per heavy atom. The summed E-state index contributed by atoms with van der Waals surface area (Å²) in [5, 5.41) is 3.31. The lowest BCUT2D eigenvalue weighted by molar-refractivity contribution is -0.105. The summed E-state index contributed by atoms with van der Waals surface area (Å²) < 4.78 is 0. The minimum absolute atomic E-state index is 0.533. The number of anilines is 2. The standard InChI is InChI=1S/C13H17ClN2O/c1-10-4-2-3-7-16(10)13-6-5-11(15-9-17)8-12(13)14/h5-6,8-10H,2-4,7H2,1H3,(H,15,17). The van der Waals surface area contributed by atoms with Gasteiger partial charge < -0.3 is 10.2 Å². The van der Waals surface area contributed by atoms with Crippen molar-refractivity contribution in [3.63, 3.8) is 0 Å². The van der Waals surface area contributed by atoms with Crippen LogP contribution >= 0.6 is 11.6 Å². The van der Waals surface area contributed by atoms with Crippen molar-refractivity contribution in [3.8, 4) is 0 Å². The summed E-state index contributed by atoms with van der Waals surface area (Å²) in [6.45, 7) is 3.29. The van der Waals surface area contributed by atoms with Gasteiger partial charge in [-0.05, 0) is 44.4 Å².